The molecule has 0 saturated carbocycles. The quantitative estimate of drug-likeness (QED) is 0.549. The zero-order valence-electron chi connectivity index (χ0n) is 15.5. The van der Waals surface area contributed by atoms with Crippen LogP contribution in [-0.2, 0) is 6.42 Å². The highest BCUT2D eigenvalue weighted by atomic mass is 14.8. The Morgan fingerprint density at radius 3 is 2.44 bits per heavy atom. The van der Waals surface area contributed by atoms with Crippen LogP contribution in [-0.4, -0.2) is 11.8 Å². The summed E-state index contributed by atoms with van der Waals surface area (Å²) in [5.41, 5.74) is 19.4. The first-order valence-electron chi connectivity index (χ1n) is 8.84. The van der Waals surface area contributed by atoms with Crippen LogP contribution in [0.2, 0.25) is 0 Å². The zero-order chi connectivity index (χ0) is 18.4. The lowest BCUT2D eigenvalue weighted by Crippen LogP contribution is -2.30. The van der Waals surface area contributed by atoms with Gasteiger partial charge in [-0.3, -0.25) is 4.99 Å². The summed E-state index contributed by atoms with van der Waals surface area (Å²) in [6.07, 6.45) is 2.92. The van der Waals surface area contributed by atoms with Gasteiger partial charge in [-0.15, -0.1) is 0 Å². The summed E-state index contributed by atoms with van der Waals surface area (Å²) < 4.78 is 0. The van der Waals surface area contributed by atoms with Crippen molar-refractivity contribution in [3.05, 3.63) is 65.7 Å². The molecule has 4 N–H and O–H groups in total. The van der Waals surface area contributed by atoms with Gasteiger partial charge in [0.2, 0.25) is 0 Å². The fourth-order valence-corrected chi connectivity index (χ4v) is 2.80. The summed E-state index contributed by atoms with van der Waals surface area (Å²) in [6, 6.07) is 14.2. The zero-order valence-corrected chi connectivity index (χ0v) is 15.5. The Labute approximate surface area is 151 Å². The molecule has 3 heteroatoms. The minimum absolute atomic E-state index is 0.110. The van der Waals surface area contributed by atoms with E-state index in [0.29, 0.717) is 0 Å². The minimum atomic E-state index is -0.110. The smallest absolute Gasteiger partial charge is 0.0660 e. The van der Waals surface area contributed by atoms with Gasteiger partial charge in [0.1, 0.15) is 0 Å². The molecule has 1 unspecified atom stereocenters. The average Bonchev–Trinajstić information content (AvgIpc) is 2.58. The molecule has 0 aliphatic rings. The van der Waals surface area contributed by atoms with E-state index in [2.05, 4.69) is 42.8 Å². The number of allylic oxidation sites excluding steroid dienone is 1. The molecule has 0 fully saturated rings. The molecule has 0 aliphatic heterocycles. The maximum Gasteiger partial charge on any atom is 0.0660 e. The highest BCUT2D eigenvalue weighted by Gasteiger charge is 2.09. The van der Waals surface area contributed by atoms with E-state index in [4.69, 9.17) is 11.5 Å². The van der Waals surface area contributed by atoms with Crippen LogP contribution < -0.4 is 11.5 Å². The maximum atomic E-state index is 6.35. The number of hydrogen-bond donors (Lipinski definition) is 2. The van der Waals surface area contributed by atoms with E-state index in [9.17, 15) is 0 Å². The van der Waals surface area contributed by atoms with Crippen molar-refractivity contribution in [1.82, 2.24) is 0 Å². The lowest BCUT2D eigenvalue weighted by atomic mass is 9.98. The molecule has 0 radical (unpaired) electrons. The second-order valence-electron chi connectivity index (χ2n) is 6.66. The fourth-order valence-electron chi connectivity index (χ4n) is 2.80. The summed E-state index contributed by atoms with van der Waals surface area (Å²) in [6.45, 7) is 10.3. The molecule has 25 heavy (non-hydrogen) atoms. The first-order chi connectivity index (χ1) is 11.9. The number of benzene rings is 2. The molecule has 0 spiro atoms. The predicted octanol–water partition coefficient (Wildman–Crippen LogP) is 5.05. The van der Waals surface area contributed by atoms with E-state index in [0.717, 1.165) is 41.9 Å². The topological polar surface area (TPSA) is 64.4 Å². The van der Waals surface area contributed by atoms with Gasteiger partial charge in [-0.25, -0.2) is 0 Å². The maximum absolute atomic E-state index is 6.35. The number of nitrogen functional groups attached to an aromatic ring is 1. The van der Waals surface area contributed by atoms with Crippen LogP contribution in [0.5, 0.6) is 0 Å². The number of anilines is 1. The van der Waals surface area contributed by atoms with Crippen LogP contribution in [0, 0.1) is 6.92 Å². The largest absolute Gasteiger partial charge is 0.399 e. The Morgan fingerprint density at radius 1 is 1.16 bits per heavy atom. The first-order valence-corrected chi connectivity index (χ1v) is 8.84. The molecule has 1 atom stereocenters. The number of hydrogen-bond acceptors (Lipinski definition) is 3. The Kier molecular flexibility index (Phi) is 6.54. The highest BCUT2D eigenvalue weighted by Crippen LogP contribution is 2.22. The van der Waals surface area contributed by atoms with Gasteiger partial charge in [-0.1, -0.05) is 44.2 Å². The third-order valence-corrected chi connectivity index (χ3v) is 4.42. The van der Waals surface area contributed by atoms with Gasteiger partial charge in [0.25, 0.3) is 0 Å². The second kappa shape index (κ2) is 8.63. The van der Waals surface area contributed by atoms with Gasteiger partial charge in [0, 0.05) is 17.4 Å². The Hall–Kier alpha value is -2.39. The number of aliphatic imine (C=N–C) groups is 1. The molecule has 0 aliphatic carbocycles. The van der Waals surface area contributed by atoms with Crippen molar-refractivity contribution in [2.75, 3.05) is 5.73 Å². The average molecular weight is 335 g/mol. The molecule has 0 aromatic heterocycles. The van der Waals surface area contributed by atoms with Crippen molar-refractivity contribution < 1.29 is 0 Å². The van der Waals surface area contributed by atoms with Crippen molar-refractivity contribution in [1.29, 1.82) is 0 Å². The third-order valence-electron chi connectivity index (χ3n) is 4.42. The van der Waals surface area contributed by atoms with Gasteiger partial charge in [-0.05, 0) is 67.2 Å². The van der Waals surface area contributed by atoms with Gasteiger partial charge >= 0.3 is 0 Å². The van der Waals surface area contributed by atoms with Crippen molar-refractivity contribution in [3.8, 4) is 0 Å². The summed E-state index contributed by atoms with van der Waals surface area (Å²) in [5.74, 6) is 0. The molecular formula is C22H29N3. The second-order valence-corrected chi connectivity index (χ2v) is 6.66. The van der Waals surface area contributed by atoms with Crippen LogP contribution in [0.25, 0.3) is 5.57 Å². The van der Waals surface area contributed by atoms with Crippen molar-refractivity contribution in [3.63, 3.8) is 0 Å². The molecular weight excluding hydrogens is 306 g/mol. The van der Waals surface area contributed by atoms with Crippen molar-refractivity contribution >= 4 is 22.7 Å². The molecule has 0 amide bonds. The number of aryl methyl sites for hydroxylation is 1. The lowest BCUT2D eigenvalue weighted by molar-refractivity contribution is 0.844. The Bertz CT molecular complexity index is 757. The molecule has 132 valence electrons. The number of nitrogens with zero attached hydrogens (tertiary/aromatic N) is 1. The minimum Gasteiger partial charge on any atom is -0.399 e. The van der Waals surface area contributed by atoms with E-state index in [1.54, 1.807) is 0 Å². The monoisotopic (exact) mass is 335 g/mol. The van der Waals surface area contributed by atoms with Crippen LogP contribution in [0.3, 0.4) is 0 Å². The highest BCUT2D eigenvalue weighted by molar-refractivity contribution is 5.90. The van der Waals surface area contributed by atoms with Crippen LogP contribution >= 0.6 is 0 Å². The van der Waals surface area contributed by atoms with Crippen molar-refractivity contribution in [2.45, 2.75) is 46.1 Å². The van der Waals surface area contributed by atoms with Crippen LogP contribution in [0.15, 0.2) is 54.0 Å². The molecule has 2 rings (SSSR count). The summed E-state index contributed by atoms with van der Waals surface area (Å²) >= 11 is 0. The number of nitrogens with two attached hydrogens (primary N) is 2. The van der Waals surface area contributed by atoms with Gasteiger partial charge in [-0.2, -0.15) is 0 Å². The standard InChI is InChI=1S/C22H29N3/c1-5-6-15(2)19-9-7-18(8-10-19)14-21(24)17(4)25-22-12-11-20(23)13-16(22)3/h7-13,21H,2,5-6,14,23-24H2,1,3-4H3. The lowest BCUT2D eigenvalue weighted by Gasteiger charge is -2.13. The normalized spacial score (nSPS) is 12.9. The van der Waals surface area contributed by atoms with E-state index >= 15 is 0 Å². The predicted molar refractivity (Wildman–Crippen MR) is 110 cm³/mol. The third kappa shape index (κ3) is 5.30. The van der Waals surface area contributed by atoms with E-state index in [1.165, 1.54) is 16.7 Å². The number of rotatable bonds is 7. The van der Waals surface area contributed by atoms with E-state index < -0.39 is 0 Å². The van der Waals surface area contributed by atoms with E-state index in [1.807, 2.05) is 32.0 Å². The summed E-state index contributed by atoms with van der Waals surface area (Å²) in [4.78, 5) is 4.69. The van der Waals surface area contributed by atoms with Crippen LogP contribution in [0.4, 0.5) is 11.4 Å². The van der Waals surface area contributed by atoms with Crippen molar-refractivity contribution in [2.24, 2.45) is 10.7 Å². The summed E-state index contributed by atoms with van der Waals surface area (Å²) in [5, 5.41) is 0. The summed E-state index contributed by atoms with van der Waals surface area (Å²) in [7, 11) is 0. The van der Waals surface area contributed by atoms with Crippen LogP contribution in [0.1, 0.15) is 43.4 Å². The van der Waals surface area contributed by atoms with E-state index in [-0.39, 0.29) is 6.04 Å². The fraction of sp³-hybridized carbons (Fsp3) is 0.318. The first kappa shape index (κ1) is 18.9. The molecule has 0 bridgehead atoms. The molecule has 2 aromatic rings. The van der Waals surface area contributed by atoms with Gasteiger partial charge in [0.15, 0.2) is 0 Å². The molecule has 0 saturated heterocycles. The van der Waals surface area contributed by atoms with Gasteiger partial charge in [0.05, 0.1) is 5.69 Å². The SMILES string of the molecule is C=C(CCC)c1ccc(CC(N)C(C)=Nc2ccc(N)cc2C)cc1. The Balaban J connectivity index is 2.06. The molecule has 0 heterocycles. The Morgan fingerprint density at radius 2 is 1.84 bits per heavy atom. The van der Waals surface area contributed by atoms with Gasteiger partial charge < -0.3 is 11.5 Å². The molecule has 3 nitrogen and oxygen atoms in total. The molecule has 2 aromatic carbocycles.